The van der Waals surface area contributed by atoms with Crippen molar-refractivity contribution in [3.05, 3.63) is 38.5 Å². The zero-order valence-electron chi connectivity index (χ0n) is 8.95. The van der Waals surface area contributed by atoms with Crippen molar-refractivity contribution in [1.82, 2.24) is 5.32 Å². The molecule has 0 aliphatic rings. The van der Waals surface area contributed by atoms with Gasteiger partial charge in [0.05, 0.1) is 6.04 Å². The highest BCUT2D eigenvalue weighted by molar-refractivity contribution is 9.10. The molecule has 0 spiro atoms. The number of amides is 1. The molecule has 0 saturated heterocycles. The van der Waals surface area contributed by atoms with Crippen LogP contribution in [0.5, 0.6) is 5.75 Å². The minimum atomic E-state index is -0.474. The Hall–Kier alpha value is -1.36. The van der Waals surface area contributed by atoms with Gasteiger partial charge in [-0.1, -0.05) is 15.9 Å². The van der Waals surface area contributed by atoms with Crippen LogP contribution in [0.2, 0.25) is 0 Å². The summed E-state index contributed by atoms with van der Waals surface area (Å²) in [4.78, 5) is 22.3. The topological polar surface area (TPSA) is 66.4 Å². The fourth-order valence-electron chi connectivity index (χ4n) is 1.33. The number of hydrogen-bond acceptors (Lipinski definition) is 3. The number of carbonyl (C=O) groups is 1. The van der Waals surface area contributed by atoms with E-state index in [1.54, 1.807) is 13.0 Å². The van der Waals surface area contributed by atoms with Crippen LogP contribution in [0.15, 0.2) is 27.5 Å². The van der Waals surface area contributed by atoms with Crippen LogP contribution in [-0.4, -0.2) is 11.0 Å². The molecule has 0 radical (unpaired) electrons. The Morgan fingerprint density at radius 2 is 2.12 bits per heavy atom. The molecule has 86 valence electrons. The Labute approximate surface area is 101 Å². The zero-order valence-corrected chi connectivity index (χ0v) is 10.5. The summed E-state index contributed by atoms with van der Waals surface area (Å²) in [6.07, 6.45) is 0. The van der Waals surface area contributed by atoms with E-state index in [1.165, 1.54) is 19.1 Å². The Morgan fingerprint density at radius 3 is 2.69 bits per heavy atom. The first-order valence-electron chi connectivity index (χ1n) is 4.71. The maximum absolute atomic E-state index is 11.4. The number of hydrogen-bond donors (Lipinski definition) is 2. The average Bonchev–Trinajstić information content (AvgIpc) is 2.30. The van der Waals surface area contributed by atoms with E-state index in [9.17, 15) is 14.7 Å². The molecule has 1 rings (SSSR count). The summed E-state index contributed by atoms with van der Waals surface area (Å²) in [5.74, 6) is -0.496. The fourth-order valence-corrected chi connectivity index (χ4v) is 1.92. The maximum Gasteiger partial charge on any atom is 0.220 e. The van der Waals surface area contributed by atoms with Crippen molar-refractivity contribution in [2.75, 3.05) is 0 Å². The van der Waals surface area contributed by atoms with Crippen molar-refractivity contribution in [1.29, 1.82) is 0 Å². The predicted octanol–water partition coefficient (Wildman–Crippen LogP) is 1.71. The Morgan fingerprint density at radius 1 is 1.50 bits per heavy atom. The molecule has 0 aliphatic carbocycles. The molecule has 1 unspecified atom stereocenters. The van der Waals surface area contributed by atoms with Crippen LogP contribution in [0, 0.1) is 0 Å². The number of carbonyl (C=O) groups excluding carboxylic acids is 1. The Bertz CT molecular complexity index is 473. The quantitative estimate of drug-likeness (QED) is 0.869. The average molecular weight is 286 g/mol. The van der Waals surface area contributed by atoms with E-state index >= 15 is 0 Å². The summed E-state index contributed by atoms with van der Waals surface area (Å²) in [5, 5.41) is 11.9. The van der Waals surface area contributed by atoms with Crippen LogP contribution in [0.3, 0.4) is 0 Å². The molecule has 16 heavy (non-hydrogen) atoms. The summed E-state index contributed by atoms with van der Waals surface area (Å²) in [7, 11) is 0. The summed E-state index contributed by atoms with van der Waals surface area (Å²) in [5.41, 5.74) is 0.151. The highest BCUT2D eigenvalue weighted by atomic mass is 79.9. The first-order valence-corrected chi connectivity index (χ1v) is 5.51. The van der Waals surface area contributed by atoms with Gasteiger partial charge in [-0.3, -0.25) is 9.59 Å². The van der Waals surface area contributed by atoms with Crippen molar-refractivity contribution < 1.29 is 9.90 Å². The fraction of sp³-hybridized carbons (Fsp3) is 0.273. The van der Waals surface area contributed by atoms with Gasteiger partial charge in [-0.15, -0.1) is 0 Å². The highest BCUT2D eigenvalue weighted by Crippen LogP contribution is 2.22. The molecule has 0 heterocycles. The van der Waals surface area contributed by atoms with Crippen molar-refractivity contribution >= 4 is 21.8 Å². The molecule has 2 N–H and O–H groups in total. The number of aromatic hydroxyl groups is 1. The normalized spacial score (nSPS) is 11.9. The Balaban J connectivity index is 3.24. The lowest BCUT2D eigenvalue weighted by atomic mass is 10.1. The Kier molecular flexibility index (Phi) is 4.06. The molecule has 0 aromatic heterocycles. The van der Waals surface area contributed by atoms with Crippen LogP contribution < -0.4 is 10.7 Å². The highest BCUT2D eigenvalue weighted by Gasteiger charge is 2.10. The molecule has 1 amide bonds. The van der Waals surface area contributed by atoms with E-state index in [2.05, 4.69) is 21.2 Å². The third-order valence-electron chi connectivity index (χ3n) is 2.09. The van der Waals surface area contributed by atoms with Gasteiger partial charge in [0.25, 0.3) is 0 Å². The van der Waals surface area contributed by atoms with Crippen LogP contribution in [-0.2, 0) is 4.79 Å². The lowest BCUT2D eigenvalue weighted by Crippen LogP contribution is -2.24. The first-order chi connectivity index (χ1) is 7.41. The second-order valence-electron chi connectivity index (χ2n) is 3.45. The van der Waals surface area contributed by atoms with Crippen molar-refractivity contribution in [3.8, 4) is 5.75 Å². The van der Waals surface area contributed by atoms with E-state index in [4.69, 9.17) is 0 Å². The lowest BCUT2D eigenvalue weighted by Gasteiger charge is -2.12. The third kappa shape index (κ3) is 3.06. The summed E-state index contributed by atoms with van der Waals surface area (Å²) >= 11 is 3.28. The molecule has 0 aliphatic heterocycles. The van der Waals surface area contributed by atoms with Gasteiger partial charge < -0.3 is 10.4 Å². The van der Waals surface area contributed by atoms with Crippen LogP contribution in [0.1, 0.15) is 25.5 Å². The minimum Gasteiger partial charge on any atom is -0.504 e. The van der Waals surface area contributed by atoms with E-state index in [0.717, 1.165) is 0 Å². The molecule has 4 nitrogen and oxygen atoms in total. The minimum absolute atomic E-state index is 0.178. The maximum atomic E-state index is 11.4. The third-order valence-corrected chi connectivity index (χ3v) is 2.81. The van der Waals surface area contributed by atoms with Crippen LogP contribution >= 0.6 is 15.9 Å². The lowest BCUT2D eigenvalue weighted by molar-refractivity contribution is -0.119. The summed E-state index contributed by atoms with van der Waals surface area (Å²) < 4.78 is 0.658. The molecule has 5 heteroatoms. The van der Waals surface area contributed by atoms with Crippen molar-refractivity contribution in [2.24, 2.45) is 0 Å². The summed E-state index contributed by atoms with van der Waals surface area (Å²) in [6, 6.07) is 3.90. The largest absolute Gasteiger partial charge is 0.504 e. The van der Waals surface area contributed by atoms with Crippen LogP contribution in [0.25, 0.3) is 0 Å². The van der Waals surface area contributed by atoms with Gasteiger partial charge in [-0.05, 0) is 30.7 Å². The van der Waals surface area contributed by atoms with E-state index in [0.29, 0.717) is 10.0 Å². The van der Waals surface area contributed by atoms with E-state index in [1.807, 2.05) is 0 Å². The zero-order chi connectivity index (χ0) is 12.3. The second kappa shape index (κ2) is 5.12. The number of halogens is 1. The summed E-state index contributed by atoms with van der Waals surface area (Å²) in [6.45, 7) is 3.17. The SMILES string of the molecule is CC(=O)NC(C)c1cc(=O)c(O)ccc1Br. The van der Waals surface area contributed by atoms with E-state index in [-0.39, 0.29) is 17.7 Å². The molecule has 1 aromatic rings. The van der Waals surface area contributed by atoms with Gasteiger partial charge in [0.2, 0.25) is 11.3 Å². The van der Waals surface area contributed by atoms with Gasteiger partial charge in [0.1, 0.15) is 0 Å². The molecule has 0 saturated carbocycles. The van der Waals surface area contributed by atoms with Gasteiger partial charge in [0.15, 0.2) is 5.75 Å². The molecule has 1 atom stereocenters. The smallest absolute Gasteiger partial charge is 0.220 e. The van der Waals surface area contributed by atoms with Crippen molar-refractivity contribution in [3.63, 3.8) is 0 Å². The van der Waals surface area contributed by atoms with Gasteiger partial charge >= 0.3 is 0 Å². The predicted molar refractivity (Wildman–Crippen MR) is 64.3 cm³/mol. The van der Waals surface area contributed by atoms with Gasteiger partial charge in [-0.2, -0.15) is 0 Å². The molecule has 0 fully saturated rings. The monoisotopic (exact) mass is 285 g/mol. The molecule has 1 aromatic carbocycles. The second-order valence-corrected chi connectivity index (χ2v) is 4.31. The van der Waals surface area contributed by atoms with E-state index < -0.39 is 5.43 Å². The molecular weight excluding hydrogens is 274 g/mol. The first kappa shape index (κ1) is 12.7. The molecular formula is C11H12BrNO3. The standard InChI is InChI=1S/C11H12BrNO3/c1-6(13-7(2)14)8-5-11(16)10(15)4-3-9(8)12/h3-6H,1-2H3,(H,13,14)(H,15,16). The molecule has 0 bridgehead atoms. The van der Waals surface area contributed by atoms with Crippen LogP contribution in [0.4, 0.5) is 0 Å². The number of rotatable bonds is 2. The number of nitrogens with one attached hydrogen (secondary N) is 1. The van der Waals surface area contributed by atoms with Gasteiger partial charge in [0, 0.05) is 11.4 Å². The van der Waals surface area contributed by atoms with Gasteiger partial charge in [-0.25, -0.2) is 0 Å². The van der Waals surface area contributed by atoms with Crippen molar-refractivity contribution in [2.45, 2.75) is 19.9 Å².